The Morgan fingerprint density at radius 1 is 0.386 bits per heavy atom. The molecular weight excluding hydrogens is 695 g/mol. The lowest BCUT2D eigenvalue weighted by Gasteiger charge is -2.40. The zero-order chi connectivity index (χ0) is 38.0. The summed E-state index contributed by atoms with van der Waals surface area (Å²) >= 11 is 0. The maximum Gasteiger partial charge on any atom is 0.177 e. The summed E-state index contributed by atoms with van der Waals surface area (Å²) in [6.07, 6.45) is 0. The van der Waals surface area contributed by atoms with Crippen LogP contribution >= 0.6 is 0 Å². The first kappa shape index (κ1) is 33.1. The molecule has 1 spiro atoms. The van der Waals surface area contributed by atoms with Crippen LogP contribution in [-0.2, 0) is 11.1 Å². The minimum atomic E-state index is -0.791. The summed E-state index contributed by atoms with van der Waals surface area (Å²) in [5.41, 5.74) is 13.5. The molecule has 57 heavy (non-hydrogen) atoms. The quantitative estimate of drug-likeness (QED) is 0.192. The number of nitrogens with one attached hydrogen (secondary N) is 1. The number of rotatable bonds is 5. The summed E-state index contributed by atoms with van der Waals surface area (Å²) in [6.45, 7) is 2.07. The van der Waals surface area contributed by atoms with Gasteiger partial charge in [0.05, 0.1) is 5.41 Å². The van der Waals surface area contributed by atoms with Crippen molar-refractivity contribution < 1.29 is 4.74 Å². The van der Waals surface area contributed by atoms with Gasteiger partial charge in [-0.3, -0.25) is 0 Å². The molecule has 4 heteroatoms. The second kappa shape index (κ2) is 12.9. The summed E-state index contributed by atoms with van der Waals surface area (Å²) in [7, 11) is 0. The van der Waals surface area contributed by atoms with Crippen LogP contribution in [-0.4, -0.2) is 11.7 Å². The van der Waals surface area contributed by atoms with Crippen LogP contribution in [0.3, 0.4) is 0 Å². The Kier molecular flexibility index (Phi) is 7.48. The minimum Gasteiger partial charge on any atom is -0.456 e. The minimum absolute atomic E-state index is 0.520. The average Bonchev–Trinajstić information content (AvgIpc) is 3.57. The zero-order valence-corrected chi connectivity index (χ0v) is 31.4. The number of fused-ring (bicyclic) bond motifs is 9. The summed E-state index contributed by atoms with van der Waals surface area (Å²) < 4.78 is 7.04. The van der Waals surface area contributed by atoms with Gasteiger partial charge in [-0.25, -0.2) is 9.98 Å². The van der Waals surface area contributed by atoms with E-state index in [0.717, 1.165) is 67.7 Å². The highest BCUT2D eigenvalue weighted by atomic mass is 16.5. The fourth-order valence-electron chi connectivity index (χ4n) is 9.25. The fourth-order valence-corrected chi connectivity index (χ4v) is 9.25. The molecule has 3 aliphatic rings. The molecule has 270 valence electrons. The fraction of sp³-hybridized carbons (Fsp3) is 0.0566. The van der Waals surface area contributed by atoms with E-state index in [1.165, 1.54) is 27.8 Å². The van der Waals surface area contributed by atoms with E-state index in [0.29, 0.717) is 0 Å². The monoisotopic (exact) mass is 731 g/mol. The van der Waals surface area contributed by atoms with E-state index in [-0.39, 0.29) is 0 Å². The van der Waals surface area contributed by atoms with Crippen LogP contribution < -0.4 is 10.1 Å². The van der Waals surface area contributed by atoms with E-state index in [2.05, 4.69) is 176 Å². The van der Waals surface area contributed by atoms with Crippen molar-refractivity contribution in [3.8, 4) is 44.9 Å². The largest absolute Gasteiger partial charge is 0.456 e. The standard InChI is InChI=1S/C53H37N3O/c1-52(38-19-6-3-7-20-38)55-50(36-17-4-2-5-18-36)54-51(56-52)37-33-31-35(32-34-37)39-21-8-9-22-40(39)43-25-16-29-47-49(43)57-48-30-15-14-28-46(48)53(47)44-26-12-10-23-41(44)42-24-11-13-27-45(42)53/h2-34H,1H3,(H,54,55,56). The Bertz CT molecular complexity index is 2870. The Morgan fingerprint density at radius 2 is 0.860 bits per heavy atom. The molecule has 2 aliphatic heterocycles. The molecule has 0 saturated carbocycles. The molecule has 4 nitrogen and oxygen atoms in total. The Balaban J connectivity index is 1.03. The summed E-state index contributed by atoms with van der Waals surface area (Å²) in [5.74, 6) is 3.34. The van der Waals surface area contributed by atoms with Crippen molar-refractivity contribution in [1.29, 1.82) is 0 Å². The molecule has 0 aromatic heterocycles. The molecule has 0 fully saturated rings. The predicted molar refractivity (Wildman–Crippen MR) is 231 cm³/mol. The van der Waals surface area contributed by atoms with Gasteiger partial charge in [-0.1, -0.05) is 194 Å². The highest BCUT2D eigenvalue weighted by molar-refractivity contribution is 6.16. The lowest BCUT2D eigenvalue weighted by atomic mass is 9.65. The molecule has 8 aromatic carbocycles. The Hall–Kier alpha value is -7.30. The van der Waals surface area contributed by atoms with Crippen LogP contribution in [0.15, 0.2) is 210 Å². The first-order valence-electron chi connectivity index (χ1n) is 19.5. The van der Waals surface area contributed by atoms with Gasteiger partial charge in [0.2, 0.25) is 0 Å². The predicted octanol–water partition coefficient (Wildman–Crippen LogP) is 12.2. The SMILES string of the molecule is CC1(c2ccccc2)N=C(c2ccccc2)NC(c2ccc(-c3ccccc3-c3cccc4c3Oc3ccccc3C43c4ccccc4-c4ccccc43)cc2)=N1. The van der Waals surface area contributed by atoms with Crippen LogP contribution in [0.25, 0.3) is 33.4 Å². The maximum atomic E-state index is 7.04. The summed E-state index contributed by atoms with van der Waals surface area (Å²) in [4.78, 5) is 10.4. The van der Waals surface area contributed by atoms with E-state index < -0.39 is 11.1 Å². The molecular formula is C53H37N3O. The molecule has 0 amide bonds. The highest BCUT2D eigenvalue weighted by Gasteiger charge is 2.51. The number of hydrogen-bond donors (Lipinski definition) is 1. The zero-order valence-electron chi connectivity index (χ0n) is 31.4. The second-order valence-corrected chi connectivity index (χ2v) is 15.0. The first-order chi connectivity index (χ1) is 28.1. The van der Waals surface area contributed by atoms with E-state index in [1.807, 2.05) is 36.4 Å². The second-order valence-electron chi connectivity index (χ2n) is 15.0. The van der Waals surface area contributed by atoms with Crippen molar-refractivity contribution in [2.75, 3.05) is 0 Å². The normalized spacial score (nSPS) is 16.9. The van der Waals surface area contributed by atoms with Crippen molar-refractivity contribution in [3.05, 3.63) is 239 Å². The highest BCUT2D eigenvalue weighted by Crippen LogP contribution is 2.63. The maximum absolute atomic E-state index is 7.04. The van der Waals surface area contributed by atoms with Gasteiger partial charge in [-0.2, -0.15) is 0 Å². The van der Waals surface area contributed by atoms with Gasteiger partial charge in [-0.15, -0.1) is 0 Å². The number of aliphatic imine (C=N–C) groups is 2. The van der Waals surface area contributed by atoms with Crippen LogP contribution in [0.1, 0.15) is 45.9 Å². The van der Waals surface area contributed by atoms with E-state index in [1.54, 1.807) is 0 Å². The van der Waals surface area contributed by atoms with Gasteiger partial charge < -0.3 is 10.1 Å². The van der Waals surface area contributed by atoms with E-state index in [4.69, 9.17) is 14.7 Å². The van der Waals surface area contributed by atoms with Crippen LogP contribution in [0, 0.1) is 0 Å². The Labute approximate surface area is 332 Å². The molecule has 0 bridgehead atoms. The molecule has 8 aromatic rings. The number of benzene rings is 8. The number of hydrogen-bond acceptors (Lipinski definition) is 4. The number of nitrogens with zero attached hydrogens (tertiary/aromatic N) is 2. The number of para-hydroxylation sites is 2. The lowest BCUT2D eigenvalue weighted by molar-refractivity contribution is 0.438. The third-order valence-corrected chi connectivity index (χ3v) is 11.8. The third-order valence-electron chi connectivity index (χ3n) is 11.8. The van der Waals surface area contributed by atoms with Crippen molar-refractivity contribution in [1.82, 2.24) is 5.32 Å². The van der Waals surface area contributed by atoms with Gasteiger partial charge in [0, 0.05) is 33.4 Å². The topological polar surface area (TPSA) is 46.0 Å². The molecule has 0 radical (unpaired) electrons. The summed E-state index contributed by atoms with van der Waals surface area (Å²) in [5, 5.41) is 3.57. The molecule has 0 saturated heterocycles. The van der Waals surface area contributed by atoms with Gasteiger partial charge in [0.1, 0.15) is 23.2 Å². The van der Waals surface area contributed by atoms with Crippen LogP contribution in [0.4, 0.5) is 0 Å². The smallest absolute Gasteiger partial charge is 0.177 e. The van der Waals surface area contributed by atoms with E-state index in [9.17, 15) is 0 Å². The van der Waals surface area contributed by atoms with Gasteiger partial charge in [-0.05, 0) is 51.9 Å². The molecule has 1 N–H and O–H groups in total. The van der Waals surface area contributed by atoms with Crippen molar-refractivity contribution in [2.45, 2.75) is 18.0 Å². The van der Waals surface area contributed by atoms with Crippen LogP contribution in [0.2, 0.25) is 0 Å². The number of ether oxygens (including phenoxy) is 1. The summed E-state index contributed by atoms with van der Waals surface area (Å²) in [6, 6.07) is 70.9. The molecule has 1 atom stereocenters. The van der Waals surface area contributed by atoms with Gasteiger partial charge in [0.25, 0.3) is 0 Å². The first-order valence-corrected chi connectivity index (χ1v) is 19.5. The third kappa shape index (κ3) is 5.07. The van der Waals surface area contributed by atoms with Crippen LogP contribution in [0.5, 0.6) is 11.5 Å². The van der Waals surface area contributed by atoms with Gasteiger partial charge in [0.15, 0.2) is 5.66 Å². The Morgan fingerprint density at radius 3 is 1.53 bits per heavy atom. The van der Waals surface area contributed by atoms with Crippen molar-refractivity contribution >= 4 is 11.7 Å². The molecule has 1 unspecified atom stereocenters. The van der Waals surface area contributed by atoms with Crippen molar-refractivity contribution in [3.63, 3.8) is 0 Å². The number of amidine groups is 2. The molecule has 2 heterocycles. The van der Waals surface area contributed by atoms with Crippen molar-refractivity contribution in [2.24, 2.45) is 9.98 Å². The molecule has 1 aliphatic carbocycles. The molecule has 11 rings (SSSR count). The van der Waals surface area contributed by atoms with Gasteiger partial charge >= 0.3 is 0 Å². The lowest BCUT2D eigenvalue weighted by Crippen LogP contribution is -2.40. The van der Waals surface area contributed by atoms with E-state index >= 15 is 0 Å². The average molecular weight is 732 g/mol.